The molecule has 4 heterocycles. The molecule has 30 heavy (non-hydrogen) atoms. The maximum absolute atomic E-state index is 12.4. The van der Waals surface area contributed by atoms with Gasteiger partial charge in [0.25, 0.3) is 5.91 Å². The number of rotatable bonds is 4. The van der Waals surface area contributed by atoms with Gasteiger partial charge in [-0.1, -0.05) is 35.5 Å². The first-order valence-electron chi connectivity index (χ1n) is 9.41. The van der Waals surface area contributed by atoms with E-state index in [1.165, 1.54) is 6.20 Å². The third-order valence-corrected chi connectivity index (χ3v) is 4.80. The van der Waals surface area contributed by atoms with Gasteiger partial charge in [0.15, 0.2) is 0 Å². The molecule has 1 amide bonds. The molecule has 4 aromatic heterocycles. The van der Waals surface area contributed by atoms with Crippen LogP contribution >= 0.6 is 0 Å². The van der Waals surface area contributed by atoms with Gasteiger partial charge in [-0.25, -0.2) is 4.98 Å². The Morgan fingerprint density at radius 3 is 2.70 bits per heavy atom. The van der Waals surface area contributed by atoms with Crippen molar-refractivity contribution in [2.24, 2.45) is 0 Å². The highest BCUT2D eigenvalue weighted by Crippen LogP contribution is 2.33. The summed E-state index contributed by atoms with van der Waals surface area (Å²) in [5.41, 5.74) is 5.23. The maximum Gasteiger partial charge on any atom is 0.257 e. The van der Waals surface area contributed by atoms with E-state index in [1.54, 1.807) is 18.3 Å². The van der Waals surface area contributed by atoms with E-state index in [2.05, 4.69) is 15.5 Å². The number of imidazole rings is 1. The second kappa shape index (κ2) is 7.29. The van der Waals surface area contributed by atoms with Crippen molar-refractivity contribution < 1.29 is 9.32 Å². The van der Waals surface area contributed by atoms with Gasteiger partial charge in [0.05, 0.1) is 22.5 Å². The van der Waals surface area contributed by atoms with Crippen LogP contribution in [-0.4, -0.2) is 25.4 Å². The van der Waals surface area contributed by atoms with E-state index in [4.69, 9.17) is 9.51 Å². The molecule has 0 aliphatic carbocycles. The standard InChI is InChI=1S/C23H17N5O2/c1-15-21(22(27-30-15)16-6-3-2-4-7-16)19-14-28-13-18(9-10-20(28)26-19)25-23(29)17-8-5-11-24-12-17/h2-14H,1H3,(H,25,29). The first kappa shape index (κ1) is 17.8. The van der Waals surface area contributed by atoms with Gasteiger partial charge in [0, 0.05) is 30.4 Å². The molecule has 1 aromatic carbocycles. The van der Waals surface area contributed by atoms with Crippen molar-refractivity contribution in [3.63, 3.8) is 0 Å². The molecule has 0 saturated heterocycles. The average molecular weight is 395 g/mol. The number of fused-ring (bicyclic) bond motifs is 1. The first-order valence-corrected chi connectivity index (χ1v) is 9.41. The van der Waals surface area contributed by atoms with Crippen molar-refractivity contribution in [3.05, 3.63) is 90.7 Å². The Hall–Kier alpha value is -4.26. The van der Waals surface area contributed by atoms with Crippen molar-refractivity contribution in [1.29, 1.82) is 0 Å². The van der Waals surface area contributed by atoms with Gasteiger partial charge in [-0.05, 0) is 31.2 Å². The quantitative estimate of drug-likeness (QED) is 0.480. The Morgan fingerprint density at radius 2 is 1.90 bits per heavy atom. The molecule has 0 unspecified atom stereocenters. The topological polar surface area (TPSA) is 85.3 Å². The van der Waals surface area contributed by atoms with Gasteiger partial charge < -0.3 is 14.2 Å². The van der Waals surface area contributed by atoms with Crippen LogP contribution in [0.5, 0.6) is 0 Å². The van der Waals surface area contributed by atoms with Gasteiger partial charge in [0.2, 0.25) is 0 Å². The Balaban J connectivity index is 1.50. The molecule has 0 atom stereocenters. The van der Waals surface area contributed by atoms with Crippen LogP contribution in [-0.2, 0) is 0 Å². The molecule has 0 bridgehead atoms. The van der Waals surface area contributed by atoms with Gasteiger partial charge in [0.1, 0.15) is 17.1 Å². The van der Waals surface area contributed by atoms with Gasteiger partial charge in [-0.2, -0.15) is 0 Å². The molecule has 0 radical (unpaired) electrons. The van der Waals surface area contributed by atoms with Gasteiger partial charge in [-0.3, -0.25) is 9.78 Å². The van der Waals surface area contributed by atoms with Crippen LogP contribution in [0.4, 0.5) is 5.69 Å². The third-order valence-electron chi connectivity index (χ3n) is 4.80. The van der Waals surface area contributed by atoms with E-state index in [0.717, 1.165) is 28.2 Å². The fourth-order valence-electron chi connectivity index (χ4n) is 3.35. The third kappa shape index (κ3) is 3.22. The van der Waals surface area contributed by atoms with Gasteiger partial charge >= 0.3 is 0 Å². The van der Waals surface area contributed by atoms with Crippen molar-refractivity contribution >= 4 is 17.2 Å². The minimum absolute atomic E-state index is 0.218. The summed E-state index contributed by atoms with van der Waals surface area (Å²) in [6.07, 6.45) is 6.89. The SMILES string of the molecule is Cc1onc(-c2ccccc2)c1-c1cn2cc(NC(=O)c3cccnc3)ccc2n1. The van der Waals surface area contributed by atoms with E-state index in [1.807, 2.05) is 66.2 Å². The summed E-state index contributed by atoms with van der Waals surface area (Å²) in [7, 11) is 0. The van der Waals surface area contributed by atoms with E-state index in [-0.39, 0.29) is 5.91 Å². The normalized spacial score (nSPS) is 11.0. The summed E-state index contributed by atoms with van der Waals surface area (Å²) < 4.78 is 7.33. The van der Waals surface area contributed by atoms with Crippen molar-refractivity contribution in [2.45, 2.75) is 6.92 Å². The molecule has 0 spiro atoms. The number of carbonyl (C=O) groups is 1. The number of aromatic nitrogens is 4. The zero-order valence-corrected chi connectivity index (χ0v) is 16.1. The van der Waals surface area contributed by atoms with E-state index in [0.29, 0.717) is 17.0 Å². The number of benzene rings is 1. The van der Waals surface area contributed by atoms with Crippen LogP contribution in [0.2, 0.25) is 0 Å². The van der Waals surface area contributed by atoms with Crippen LogP contribution < -0.4 is 5.32 Å². The molecule has 146 valence electrons. The molecule has 0 aliphatic rings. The Bertz CT molecular complexity index is 1340. The lowest BCUT2D eigenvalue weighted by Gasteiger charge is -2.05. The Labute approximate surface area is 172 Å². The van der Waals surface area contributed by atoms with E-state index >= 15 is 0 Å². The fourth-order valence-corrected chi connectivity index (χ4v) is 3.35. The van der Waals surface area contributed by atoms with Crippen LogP contribution in [0, 0.1) is 6.92 Å². The summed E-state index contributed by atoms with van der Waals surface area (Å²) in [6, 6.07) is 17.0. The zero-order chi connectivity index (χ0) is 20.5. The highest BCUT2D eigenvalue weighted by atomic mass is 16.5. The molecule has 7 nitrogen and oxygen atoms in total. The maximum atomic E-state index is 12.4. The second-order valence-electron chi connectivity index (χ2n) is 6.83. The number of aryl methyl sites for hydroxylation is 1. The number of hydrogen-bond donors (Lipinski definition) is 1. The van der Waals surface area contributed by atoms with Crippen LogP contribution in [0.15, 0.2) is 83.9 Å². The number of pyridine rings is 2. The molecule has 0 aliphatic heterocycles. The summed E-state index contributed by atoms with van der Waals surface area (Å²) in [5, 5.41) is 7.12. The smallest absolute Gasteiger partial charge is 0.257 e. The van der Waals surface area contributed by atoms with Crippen LogP contribution in [0.1, 0.15) is 16.1 Å². The molecular weight excluding hydrogens is 378 g/mol. The molecule has 7 heteroatoms. The molecule has 0 saturated carbocycles. The number of nitrogens with zero attached hydrogens (tertiary/aromatic N) is 4. The Morgan fingerprint density at radius 1 is 1.03 bits per heavy atom. The summed E-state index contributed by atoms with van der Waals surface area (Å²) in [4.78, 5) is 21.1. The largest absolute Gasteiger partial charge is 0.360 e. The predicted octanol–water partition coefficient (Wildman–Crippen LogP) is 4.61. The monoisotopic (exact) mass is 395 g/mol. The van der Waals surface area contributed by atoms with Crippen molar-refractivity contribution in [1.82, 2.24) is 19.5 Å². The number of amides is 1. The highest BCUT2D eigenvalue weighted by Gasteiger charge is 2.19. The predicted molar refractivity (Wildman–Crippen MR) is 113 cm³/mol. The van der Waals surface area contributed by atoms with E-state index in [9.17, 15) is 4.79 Å². The van der Waals surface area contributed by atoms with Crippen LogP contribution in [0.25, 0.3) is 28.2 Å². The first-order chi connectivity index (χ1) is 14.7. The summed E-state index contributed by atoms with van der Waals surface area (Å²) in [5.74, 6) is 0.478. The molecular formula is C23H17N5O2. The van der Waals surface area contributed by atoms with Crippen molar-refractivity contribution in [3.8, 4) is 22.5 Å². The van der Waals surface area contributed by atoms with E-state index < -0.39 is 0 Å². The zero-order valence-electron chi connectivity index (χ0n) is 16.1. The summed E-state index contributed by atoms with van der Waals surface area (Å²) >= 11 is 0. The number of carbonyl (C=O) groups excluding carboxylic acids is 1. The van der Waals surface area contributed by atoms with Crippen molar-refractivity contribution in [2.75, 3.05) is 5.32 Å². The fraction of sp³-hybridized carbons (Fsp3) is 0.0435. The lowest BCUT2D eigenvalue weighted by atomic mass is 10.0. The minimum atomic E-state index is -0.218. The lowest BCUT2D eigenvalue weighted by Crippen LogP contribution is -2.12. The number of hydrogen-bond acceptors (Lipinski definition) is 5. The molecule has 5 aromatic rings. The Kier molecular flexibility index (Phi) is 4.33. The average Bonchev–Trinajstić information content (AvgIpc) is 3.37. The highest BCUT2D eigenvalue weighted by molar-refractivity contribution is 6.04. The summed E-state index contributed by atoms with van der Waals surface area (Å²) in [6.45, 7) is 1.87. The van der Waals surface area contributed by atoms with Crippen LogP contribution in [0.3, 0.4) is 0 Å². The number of nitrogens with one attached hydrogen (secondary N) is 1. The number of anilines is 1. The second-order valence-corrected chi connectivity index (χ2v) is 6.83. The molecule has 5 rings (SSSR count). The molecule has 0 fully saturated rings. The van der Waals surface area contributed by atoms with Gasteiger partial charge in [-0.15, -0.1) is 0 Å². The lowest BCUT2D eigenvalue weighted by molar-refractivity contribution is 0.102. The molecule has 1 N–H and O–H groups in total. The minimum Gasteiger partial charge on any atom is -0.360 e.